The van der Waals surface area contributed by atoms with Gasteiger partial charge in [0, 0.05) is 0 Å². The van der Waals surface area contributed by atoms with E-state index in [9.17, 15) is 14.4 Å². The van der Waals surface area contributed by atoms with Gasteiger partial charge >= 0.3 is 12.0 Å². The number of rotatable bonds is 8. The van der Waals surface area contributed by atoms with Crippen molar-refractivity contribution in [1.29, 1.82) is 0 Å². The van der Waals surface area contributed by atoms with Crippen molar-refractivity contribution in [2.45, 2.75) is 12.5 Å². The summed E-state index contributed by atoms with van der Waals surface area (Å²) in [6, 6.07) is 14.4. The Hall–Kier alpha value is -3.55. The second kappa shape index (κ2) is 9.07. The van der Waals surface area contributed by atoms with Gasteiger partial charge in [0.2, 0.25) is 0 Å². The molecule has 1 unspecified atom stereocenters. The van der Waals surface area contributed by atoms with Crippen molar-refractivity contribution in [2.24, 2.45) is 11.5 Å². The lowest BCUT2D eigenvalue weighted by atomic mass is 10.0. The van der Waals surface area contributed by atoms with Gasteiger partial charge in [0.05, 0.1) is 12.5 Å². The average molecular weight is 357 g/mol. The highest BCUT2D eigenvalue weighted by Crippen LogP contribution is 2.26. The first-order chi connectivity index (χ1) is 12.4. The fourth-order valence-electron chi connectivity index (χ4n) is 2.22. The van der Waals surface area contributed by atoms with Gasteiger partial charge in [-0.1, -0.05) is 30.3 Å². The second-order valence-corrected chi connectivity index (χ2v) is 5.38. The number of nitrogens with two attached hydrogens (primary N) is 2. The maximum atomic E-state index is 11.8. The summed E-state index contributed by atoms with van der Waals surface area (Å²) in [6.07, 6.45) is -0.217. The van der Waals surface area contributed by atoms with E-state index in [4.69, 9.17) is 20.9 Å². The number of urea groups is 1. The van der Waals surface area contributed by atoms with Crippen LogP contribution in [0.3, 0.4) is 0 Å². The predicted octanol–water partition coefficient (Wildman–Crippen LogP) is 1.61. The molecule has 0 bridgehead atoms. The normalized spacial score (nSPS) is 11.2. The van der Waals surface area contributed by atoms with Crippen LogP contribution in [0.2, 0.25) is 0 Å². The Morgan fingerprint density at radius 2 is 1.65 bits per heavy atom. The van der Waals surface area contributed by atoms with E-state index >= 15 is 0 Å². The lowest BCUT2D eigenvalue weighted by molar-refractivity contribution is -0.148. The van der Waals surface area contributed by atoms with E-state index in [-0.39, 0.29) is 6.42 Å². The highest BCUT2D eigenvalue weighted by molar-refractivity contribution is 5.80. The summed E-state index contributed by atoms with van der Waals surface area (Å²) in [6.45, 7) is -0.528. The lowest BCUT2D eigenvalue weighted by Crippen LogP contribution is -2.35. The number of ether oxygens (including phenoxy) is 2. The molecule has 0 spiro atoms. The molecular weight excluding hydrogens is 338 g/mol. The van der Waals surface area contributed by atoms with Crippen LogP contribution in [0.5, 0.6) is 11.5 Å². The van der Waals surface area contributed by atoms with Crippen molar-refractivity contribution in [3.05, 3.63) is 60.2 Å². The van der Waals surface area contributed by atoms with Crippen LogP contribution in [0, 0.1) is 0 Å². The Labute approximate surface area is 150 Å². The summed E-state index contributed by atoms with van der Waals surface area (Å²) in [5.41, 5.74) is 10.7. The summed E-state index contributed by atoms with van der Waals surface area (Å²) >= 11 is 0. The summed E-state index contributed by atoms with van der Waals surface area (Å²) in [4.78, 5) is 33.8. The highest BCUT2D eigenvalue weighted by Gasteiger charge is 2.19. The number of esters is 1. The van der Waals surface area contributed by atoms with Crippen LogP contribution in [-0.4, -0.2) is 24.5 Å². The molecule has 1 atom stereocenters. The van der Waals surface area contributed by atoms with Crippen LogP contribution in [0.1, 0.15) is 18.0 Å². The van der Waals surface area contributed by atoms with Gasteiger partial charge in [-0.25, -0.2) is 4.79 Å². The average Bonchev–Trinajstić information content (AvgIpc) is 2.60. The molecule has 2 aromatic carbocycles. The molecule has 0 aliphatic rings. The molecule has 0 radical (unpaired) electrons. The van der Waals surface area contributed by atoms with E-state index in [2.05, 4.69) is 5.32 Å². The third-order valence-electron chi connectivity index (χ3n) is 3.30. The second-order valence-electron chi connectivity index (χ2n) is 5.38. The Morgan fingerprint density at radius 1 is 0.962 bits per heavy atom. The van der Waals surface area contributed by atoms with Crippen LogP contribution in [0.4, 0.5) is 4.79 Å². The molecule has 8 heteroatoms. The molecule has 8 nitrogen and oxygen atoms in total. The topological polar surface area (TPSA) is 134 Å². The third kappa shape index (κ3) is 6.16. The van der Waals surface area contributed by atoms with Crippen LogP contribution in [0.15, 0.2) is 54.6 Å². The fraction of sp³-hybridized carbons (Fsp3) is 0.167. The lowest BCUT2D eigenvalue weighted by Gasteiger charge is -2.18. The van der Waals surface area contributed by atoms with Gasteiger partial charge in [0.15, 0.2) is 6.61 Å². The Morgan fingerprint density at radius 3 is 2.31 bits per heavy atom. The van der Waals surface area contributed by atoms with Crippen molar-refractivity contribution in [1.82, 2.24) is 5.32 Å². The predicted molar refractivity (Wildman–Crippen MR) is 93.2 cm³/mol. The van der Waals surface area contributed by atoms with Gasteiger partial charge in [-0.05, 0) is 29.8 Å². The largest absolute Gasteiger partial charge is 0.457 e. The summed E-state index contributed by atoms with van der Waals surface area (Å²) in [5.74, 6) is -0.298. The Bertz CT molecular complexity index is 779. The molecule has 0 saturated heterocycles. The number of hydrogen-bond donors (Lipinski definition) is 3. The van der Waals surface area contributed by atoms with Crippen LogP contribution >= 0.6 is 0 Å². The zero-order valence-electron chi connectivity index (χ0n) is 13.9. The van der Waals surface area contributed by atoms with Gasteiger partial charge in [-0.15, -0.1) is 0 Å². The van der Waals surface area contributed by atoms with Crippen molar-refractivity contribution < 1.29 is 23.9 Å². The highest BCUT2D eigenvalue weighted by atomic mass is 16.5. The number of hydrogen-bond acceptors (Lipinski definition) is 5. The Balaban J connectivity index is 2.13. The minimum absolute atomic E-state index is 0.217. The maximum Gasteiger partial charge on any atom is 0.312 e. The molecule has 0 aromatic heterocycles. The van der Waals surface area contributed by atoms with Gasteiger partial charge in [-0.2, -0.15) is 0 Å². The number of para-hydroxylation sites is 1. The van der Waals surface area contributed by atoms with E-state index < -0.39 is 30.6 Å². The van der Waals surface area contributed by atoms with Gasteiger partial charge in [0.1, 0.15) is 11.5 Å². The van der Waals surface area contributed by atoms with E-state index in [0.29, 0.717) is 17.1 Å². The zero-order chi connectivity index (χ0) is 18.9. The first-order valence-corrected chi connectivity index (χ1v) is 7.77. The third-order valence-corrected chi connectivity index (χ3v) is 3.30. The molecule has 3 amide bonds. The molecule has 0 saturated carbocycles. The minimum atomic E-state index is -0.799. The van der Waals surface area contributed by atoms with E-state index in [1.807, 2.05) is 18.2 Å². The molecule has 0 fully saturated rings. The summed E-state index contributed by atoms with van der Waals surface area (Å²) < 4.78 is 10.5. The SMILES string of the molecule is NC(=O)COC(=O)CC(NC(N)=O)c1cccc(Oc2ccccc2)c1. The monoisotopic (exact) mass is 357 g/mol. The van der Waals surface area contributed by atoms with Gasteiger partial charge < -0.3 is 26.3 Å². The van der Waals surface area contributed by atoms with E-state index in [1.54, 1.807) is 36.4 Å². The molecular formula is C18H19N3O5. The number of benzene rings is 2. The first-order valence-electron chi connectivity index (χ1n) is 7.77. The van der Waals surface area contributed by atoms with Gasteiger partial charge in [-0.3, -0.25) is 9.59 Å². The van der Waals surface area contributed by atoms with Crippen molar-refractivity contribution >= 4 is 17.9 Å². The molecule has 0 aliphatic heterocycles. The number of carbonyl (C=O) groups is 3. The molecule has 2 rings (SSSR count). The molecule has 26 heavy (non-hydrogen) atoms. The van der Waals surface area contributed by atoms with Crippen molar-refractivity contribution in [2.75, 3.05) is 6.61 Å². The summed E-state index contributed by atoms with van der Waals surface area (Å²) in [7, 11) is 0. The first kappa shape index (κ1) is 18.8. The maximum absolute atomic E-state index is 11.8. The van der Waals surface area contributed by atoms with E-state index in [1.165, 1.54) is 0 Å². The quantitative estimate of drug-likeness (QED) is 0.617. The molecule has 0 heterocycles. The minimum Gasteiger partial charge on any atom is -0.457 e. The van der Waals surface area contributed by atoms with Crippen molar-refractivity contribution in [3.8, 4) is 11.5 Å². The summed E-state index contributed by atoms with van der Waals surface area (Å²) in [5, 5.41) is 2.47. The molecule has 0 aliphatic carbocycles. The van der Waals surface area contributed by atoms with Crippen LogP contribution in [-0.2, 0) is 14.3 Å². The van der Waals surface area contributed by atoms with E-state index in [0.717, 1.165) is 0 Å². The Kier molecular flexibility index (Phi) is 6.55. The standard InChI is InChI=1S/C18H19N3O5/c19-16(22)11-25-17(23)10-15(21-18(20)24)12-5-4-8-14(9-12)26-13-6-2-1-3-7-13/h1-9,15H,10-11H2,(H2,19,22)(H3,20,21,24). The van der Waals surface area contributed by atoms with Gasteiger partial charge in [0.25, 0.3) is 5.91 Å². The van der Waals surface area contributed by atoms with Crippen molar-refractivity contribution in [3.63, 3.8) is 0 Å². The molecule has 2 aromatic rings. The molecule has 5 N–H and O–H groups in total. The number of amides is 3. The number of nitrogens with one attached hydrogen (secondary N) is 1. The number of carbonyl (C=O) groups excluding carboxylic acids is 3. The fourth-order valence-corrected chi connectivity index (χ4v) is 2.22. The number of primary amides is 2. The van der Waals surface area contributed by atoms with Crippen LogP contribution < -0.4 is 21.5 Å². The van der Waals surface area contributed by atoms with Crippen LogP contribution in [0.25, 0.3) is 0 Å². The smallest absolute Gasteiger partial charge is 0.312 e. The molecule has 136 valence electrons. The zero-order valence-corrected chi connectivity index (χ0v) is 13.9.